The van der Waals surface area contributed by atoms with Crippen LogP contribution in [0.25, 0.3) is 0 Å². The predicted octanol–water partition coefficient (Wildman–Crippen LogP) is 2.44. The molecule has 9 heteroatoms. The Bertz CT molecular complexity index is 495. The number of pyridine rings is 1. The summed E-state index contributed by atoms with van der Waals surface area (Å²) in [6, 6.07) is 1.69. The van der Waals surface area contributed by atoms with E-state index in [9.17, 15) is 22.0 Å². The number of nitrogens with two attached hydrogens (primary N) is 1. The number of nitrogens with zero attached hydrogens (tertiary/aromatic N) is 2. The third-order valence-electron chi connectivity index (χ3n) is 2.19. The van der Waals surface area contributed by atoms with Crippen LogP contribution in [0, 0.1) is 11.3 Å². The van der Waals surface area contributed by atoms with Crippen molar-refractivity contribution in [2.24, 2.45) is 5.73 Å². The summed E-state index contributed by atoms with van der Waals surface area (Å²) in [4.78, 5) is 3.18. The van der Waals surface area contributed by atoms with Crippen molar-refractivity contribution in [1.29, 1.82) is 5.26 Å². The molecule has 0 fully saturated rings. The Morgan fingerprint density at radius 1 is 1.42 bits per heavy atom. The highest BCUT2D eigenvalue weighted by molar-refractivity contribution is 5.42. The van der Waals surface area contributed by atoms with Crippen LogP contribution in [0.2, 0.25) is 0 Å². The monoisotopic (exact) mass is 281 g/mol. The van der Waals surface area contributed by atoms with Crippen molar-refractivity contribution >= 4 is 0 Å². The quantitative estimate of drug-likeness (QED) is 0.860. The van der Waals surface area contributed by atoms with Gasteiger partial charge in [-0.25, -0.2) is 13.8 Å². The number of hydrogen-bond acceptors (Lipinski definition) is 4. The zero-order valence-corrected chi connectivity index (χ0v) is 9.34. The van der Waals surface area contributed by atoms with E-state index in [1.165, 1.54) is 0 Å². The fourth-order valence-electron chi connectivity index (χ4n) is 1.48. The average molecular weight is 281 g/mol. The zero-order valence-electron chi connectivity index (χ0n) is 9.34. The van der Waals surface area contributed by atoms with E-state index in [-0.39, 0.29) is 17.5 Å². The van der Waals surface area contributed by atoms with Crippen molar-refractivity contribution in [3.63, 3.8) is 0 Å². The lowest BCUT2D eigenvalue weighted by Gasteiger charge is -2.16. The van der Waals surface area contributed by atoms with Crippen LogP contribution in [-0.2, 0) is 13.0 Å². The molecular weight excluding hydrogens is 273 g/mol. The first kappa shape index (κ1) is 15.1. The number of halogens is 5. The Labute approximate surface area is 104 Å². The molecule has 4 nitrogen and oxygen atoms in total. The first-order valence-electron chi connectivity index (χ1n) is 4.91. The highest BCUT2D eigenvalue weighted by Crippen LogP contribution is 2.35. The summed E-state index contributed by atoms with van der Waals surface area (Å²) in [7, 11) is 0. The van der Waals surface area contributed by atoms with Gasteiger partial charge in [0.2, 0.25) is 5.88 Å². The van der Waals surface area contributed by atoms with Gasteiger partial charge in [-0.15, -0.1) is 13.2 Å². The van der Waals surface area contributed by atoms with Gasteiger partial charge in [-0.1, -0.05) is 0 Å². The fourth-order valence-corrected chi connectivity index (χ4v) is 1.48. The van der Waals surface area contributed by atoms with E-state index in [1.54, 1.807) is 6.07 Å². The molecule has 0 spiro atoms. The standard InChI is InChI=1S/C10H8F5N3O/c11-8(12)7-6(3-17)5(1-2-16)4-18-9(7)19-10(13,14)15/h4,8H,1,3,17H2. The van der Waals surface area contributed by atoms with Crippen LogP contribution < -0.4 is 10.5 Å². The second kappa shape index (κ2) is 5.79. The van der Waals surface area contributed by atoms with Crippen molar-refractivity contribution in [3.05, 3.63) is 22.9 Å². The Balaban J connectivity index is 3.38. The average Bonchev–Trinajstić information content (AvgIpc) is 2.28. The molecule has 0 atom stereocenters. The van der Waals surface area contributed by atoms with Crippen molar-refractivity contribution < 1.29 is 26.7 Å². The minimum Gasteiger partial charge on any atom is -0.387 e. The van der Waals surface area contributed by atoms with E-state index in [1.807, 2.05) is 0 Å². The lowest BCUT2D eigenvalue weighted by molar-refractivity contribution is -0.276. The molecule has 0 aliphatic carbocycles. The van der Waals surface area contributed by atoms with Gasteiger partial charge in [0.25, 0.3) is 6.43 Å². The van der Waals surface area contributed by atoms with E-state index in [0.717, 1.165) is 6.20 Å². The molecule has 2 N–H and O–H groups in total. The summed E-state index contributed by atoms with van der Waals surface area (Å²) in [5.74, 6) is -1.25. The van der Waals surface area contributed by atoms with Crippen LogP contribution in [0.15, 0.2) is 6.20 Å². The van der Waals surface area contributed by atoms with Gasteiger partial charge in [0.15, 0.2) is 0 Å². The lowest BCUT2D eigenvalue weighted by atomic mass is 10.0. The number of alkyl halides is 5. The molecule has 0 aliphatic heterocycles. The van der Waals surface area contributed by atoms with Gasteiger partial charge in [0, 0.05) is 12.7 Å². The molecule has 1 rings (SSSR count). The van der Waals surface area contributed by atoms with E-state index < -0.39 is 30.8 Å². The van der Waals surface area contributed by atoms with E-state index in [2.05, 4.69) is 9.72 Å². The third-order valence-corrected chi connectivity index (χ3v) is 2.19. The molecule has 0 amide bonds. The SMILES string of the molecule is N#CCc1cnc(OC(F)(F)F)c(C(F)F)c1CN. The normalized spacial score (nSPS) is 11.5. The summed E-state index contributed by atoms with van der Waals surface area (Å²) >= 11 is 0. The molecule has 0 aromatic carbocycles. The van der Waals surface area contributed by atoms with E-state index in [0.29, 0.717) is 0 Å². The molecule has 0 unspecified atom stereocenters. The molecule has 0 saturated heterocycles. The molecule has 1 aromatic heterocycles. The van der Waals surface area contributed by atoms with Gasteiger partial charge in [-0.05, 0) is 11.1 Å². The van der Waals surface area contributed by atoms with Gasteiger partial charge >= 0.3 is 6.36 Å². The summed E-state index contributed by atoms with van der Waals surface area (Å²) in [5, 5.41) is 8.51. The van der Waals surface area contributed by atoms with Crippen molar-refractivity contribution in [1.82, 2.24) is 4.98 Å². The first-order chi connectivity index (χ1) is 8.80. The summed E-state index contributed by atoms with van der Waals surface area (Å²) in [6.07, 6.45) is -7.80. The van der Waals surface area contributed by atoms with Crippen LogP contribution in [0.1, 0.15) is 23.1 Å². The molecule has 1 aromatic rings. The van der Waals surface area contributed by atoms with Crippen molar-refractivity contribution in [3.8, 4) is 11.9 Å². The van der Waals surface area contributed by atoms with Crippen LogP contribution in [0.3, 0.4) is 0 Å². The number of ether oxygens (including phenoxy) is 1. The molecule has 0 saturated carbocycles. The number of nitriles is 1. The maximum absolute atomic E-state index is 12.8. The summed E-state index contributed by atoms with van der Waals surface area (Å²) < 4.78 is 65.4. The second-order valence-corrected chi connectivity index (χ2v) is 3.37. The molecule has 0 aliphatic rings. The fraction of sp³-hybridized carbons (Fsp3) is 0.400. The highest BCUT2D eigenvalue weighted by Gasteiger charge is 2.35. The topological polar surface area (TPSA) is 71.9 Å². The summed E-state index contributed by atoms with van der Waals surface area (Å²) in [6.45, 7) is -0.451. The maximum atomic E-state index is 12.8. The molecule has 104 valence electrons. The van der Waals surface area contributed by atoms with Crippen LogP contribution in [0.4, 0.5) is 22.0 Å². The van der Waals surface area contributed by atoms with Crippen molar-refractivity contribution in [2.75, 3.05) is 0 Å². The molecule has 0 bridgehead atoms. The number of aromatic nitrogens is 1. The molecule has 1 heterocycles. The minimum absolute atomic E-state index is 0.0508. The van der Waals surface area contributed by atoms with Gasteiger partial charge in [0.1, 0.15) is 0 Å². The molecular formula is C10H8F5N3O. The zero-order chi connectivity index (χ0) is 14.6. The Kier molecular flexibility index (Phi) is 4.61. The first-order valence-corrected chi connectivity index (χ1v) is 4.91. The highest BCUT2D eigenvalue weighted by atomic mass is 19.4. The second-order valence-electron chi connectivity index (χ2n) is 3.37. The summed E-state index contributed by atoms with van der Waals surface area (Å²) in [5.41, 5.74) is 4.00. The number of rotatable bonds is 4. The van der Waals surface area contributed by atoms with Gasteiger partial charge < -0.3 is 10.5 Å². The minimum atomic E-state index is -5.14. The van der Waals surface area contributed by atoms with Gasteiger partial charge in [-0.3, -0.25) is 0 Å². The van der Waals surface area contributed by atoms with Gasteiger partial charge in [0.05, 0.1) is 18.1 Å². The van der Waals surface area contributed by atoms with E-state index in [4.69, 9.17) is 11.0 Å². The largest absolute Gasteiger partial charge is 0.574 e. The maximum Gasteiger partial charge on any atom is 0.574 e. The van der Waals surface area contributed by atoms with Crippen LogP contribution in [0.5, 0.6) is 5.88 Å². The molecule has 0 radical (unpaired) electrons. The smallest absolute Gasteiger partial charge is 0.387 e. The van der Waals surface area contributed by atoms with Gasteiger partial charge in [-0.2, -0.15) is 5.26 Å². The van der Waals surface area contributed by atoms with Crippen molar-refractivity contribution in [2.45, 2.75) is 25.8 Å². The van der Waals surface area contributed by atoms with Crippen LogP contribution in [-0.4, -0.2) is 11.3 Å². The predicted molar refractivity (Wildman–Crippen MR) is 53.1 cm³/mol. The third kappa shape index (κ3) is 3.75. The lowest BCUT2D eigenvalue weighted by Crippen LogP contribution is -2.20. The van der Waals surface area contributed by atoms with E-state index >= 15 is 0 Å². The molecule has 19 heavy (non-hydrogen) atoms. The van der Waals surface area contributed by atoms with Crippen LogP contribution >= 0.6 is 0 Å². The Morgan fingerprint density at radius 3 is 2.47 bits per heavy atom. The number of hydrogen-bond donors (Lipinski definition) is 1. The Hall–Kier alpha value is -1.95. The Morgan fingerprint density at radius 2 is 2.05 bits per heavy atom.